The topological polar surface area (TPSA) is 57.2 Å². The molecule has 0 saturated heterocycles. The molecule has 0 aliphatic heterocycles. The molecule has 5 heteroatoms. The van der Waals surface area contributed by atoms with Gasteiger partial charge in [0.2, 0.25) is 0 Å². The summed E-state index contributed by atoms with van der Waals surface area (Å²) in [6, 6.07) is 17.3. The molecular weight excluding hydrogens is 404 g/mol. The molecule has 0 amide bonds. The van der Waals surface area contributed by atoms with Crippen LogP contribution < -0.4 is 4.74 Å². The molecule has 0 aliphatic carbocycles. The Balaban J connectivity index is 1.81. The highest BCUT2D eigenvalue weighted by atomic mass is 16.7. The molecule has 32 heavy (non-hydrogen) atoms. The minimum absolute atomic E-state index is 0.0297. The van der Waals surface area contributed by atoms with Gasteiger partial charge in [-0.3, -0.25) is 0 Å². The van der Waals surface area contributed by atoms with Gasteiger partial charge in [-0.25, -0.2) is 0 Å². The number of benzene rings is 2. The molecule has 0 saturated carbocycles. The summed E-state index contributed by atoms with van der Waals surface area (Å²) in [5.41, 5.74) is 3.85. The Kier molecular flexibility index (Phi) is 11.2. The lowest BCUT2D eigenvalue weighted by molar-refractivity contribution is -0.0863. The summed E-state index contributed by atoms with van der Waals surface area (Å²) in [4.78, 5) is 0. The van der Waals surface area contributed by atoms with Crippen molar-refractivity contribution in [2.45, 2.75) is 58.7 Å². The van der Waals surface area contributed by atoms with E-state index in [1.165, 1.54) is 16.7 Å². The normalized spacial score (nSPS) is 13.7. The maximum absolute atomic E-state index is 8.63. The van der Waals surface area contributed by atoms with Crippen molar-refractivity contribution in [1.29, 1.82) is 0 Å². The average Bonchev–Trinajstić information content (AvgIpc) is 2.80. The summed E-state index contributed by atoms with van der Waals surface area (Å²) in [7, 11) is 0. The second-order valence-electron chi connectivity index (χ2n) is 8.59. The minimum Gasteiger partial charge on any atom is -0.465 e. The van der Waals surface area contributed by atoms with Crippen LogP contribution in [0.1, 0.15) is 63.6 Å². The van der Waals surface area contributed by atoms with E-state index in [9.17, 15) is 0 Å². The molecule has 5 nitrogen and oxygen atoms in total. The maximum atomic E-state index is 8.63. The largest absolute Gasteiger partial charge is 0.465 e. The van der Waals surface area contributed by atoms with E-state index in [0.29, 0.717) is 39.0 Å². The summed E-state index contributed by atoms with van der Waals surface area (Å²) >= 11 is 0. The Morgan fingerprint density at radius 1 is 0.781 bits per heavy atom. The van der Waals surface area contributed by atoms with Crippen molar-refractivity contribution in [2.24, 2.45) is 0 Å². The molecule has 0 bridgehead atoms. The standard InChI is InChI=1S/C27H40O5/c1-6-21(2)23-7-9-24(10-8-23)27(4,5)25-11-13-26(14-12-25)32-22(3)31-20-19-30-18-17-29-16-15-28/h7-14,21-22,28H,6,15-20H2,1-5H3. The van der Waals surface area contributed by atoms with Crippen LogP contribution >= 0.6 is 0 Å². The monoisotopic (exact) mass is 444 g/mol. The Hall–Kier alpha value is -1.92. The predicted molar refractivity (Wildman–Crippen MR) is 128 cm³/mol. The Morgan fingerprint density at radius 3 is 1.88 bits per heavy atom. The van der Waals surface area contributed by atoms with Gasteiger partial charge in [-0.05, 0) is 48.1 Å². The molecule has 2 atom stereocenters. The van der Waals surface area contributed by atoms with Crippen molar-refractivity contribution in [3.05, 3.63) is 65.2 Å². The summed E-state index contributed by atoms with van der Waals surface area (Å²) < 4.78 is 22.1. The molecule has 2 unspecified atom stereocenters. The van der Waals surface area contributed by atoms with E-state index in [4.69, 9.17) is 24.1 Å². The van der Waals surface area contributed by atoms with Crippen LogP contribution in [0, 0.1) is 0 Å². The number of aliphatic hydroxyl groups is 1. The van der Waals surface area contributed by atoms with Gasteiger partial charge in [0.05, 0.1) is 39.6 Å². The number of hydrogen-bond acceptors (Lipinski definition) is 5. The minimum atomic E-state index is -0.365. The third kappa shape index (κ3) is 8.21. The van der Waals surface area contributed by atoms with Crippen molar-refractivity contribution in [2.75, 3.05) is 39.6 Å². The third-order valence-electron chi connectivity index (χ3n) is 5.88. The van der Waals surface area contributed by atoms with Gasteiger partial charge in [-0.2, -0.15) is 0 Å². The molecule has 2 aromatic carbocycles. The molecule has 0 spiro atoms. The molecule has 178 valence electrons. The first kappa shape index (κ1) is 26.3. The van der Waals surface area contributed by atoms with Gasteiger partial charge in [-0.15, -0.1) is 0 Å². The van der Waals surface area contributed by atoms with Gasteiger partial charge in [0.15, 0.2) is 6.29 Å². The highest BCUT2D eigenvalue weighted by molar-refractivity contribution is 5.41. The Morgan fingerprint density at radius 2 is 1.31 bits per heavy atom. The second kappa shape index (κ2) is 13.6. The molecule has 2 rings (SSSR count). The van der Waals surface area contributed by atoms with E-state index < -0.39 is 0 Å². The van der Waals surface area contributed by atoms with Crippen LogP contribution in [-0.2, 0) is 19.6 Å². The van der Waals surface area contributed by atoms with E-state index in [0.717, 1.165) is 12.2 Å². The van der Waals surface area contributed by atoms with Crippen LogP contribution in [0.4, 0.5) is 0 Å². The number of rotatable bonds is 15. The summed E-state index contributed by atoms with van der Waals surface area (Å²) in [5, 5.41) is 8.63. The van der Waals surface area contributed by atoms with E-state index in [2.05, 4.69) is 64.1 Å². The lowest BCUT2D eigenvalue weighted by atomic mass is 9.77. The van der Waals surface area contributed by atoms with Crippen LogP contribution in [0.25, 0.3) is 0 Å². The van der Waals surface area contributed by atoms with Crippen LogP contribution in [0.15, 0.2) is 48.5 Å². The maximum Gasteiger partial charge on any atom is 0.197 e. The van der Waals surface area contributed by atoms with Crippen LogP contribution in [0.3, 0.4) is 0 Å². The van der Waals surface area contributed by atoms with E-state index in [1.54, 1.807) is 0 Å². The van der Waals surface area contributed by atoms with Crippen molar-refractivity contribution in [1.82, 2.24) is 0 Å². The summed E-state index contributed by atoms with van der Waals surface area (Å²) in [5.74, 6) is 1.37. The molecule has 0 heterocycles. The average molecular weight is 445 g/mol. The molecule has 0 aliphatic rings. The van der Waals surface area contributed by atoms with Gasteiger partial charge in [0, 0.05) is 5.41 Å². The van der Waals surface area contributed by atoms with E-state index in [1.807, 2.05) is 19.1 Å². The summed E-state index contributed by atoms with van der Waals surface area (Å²) in [6.45, 7) is 13.1. The van der Waals surface area contributed by atoms with Crippen molar-refractivity contribution < 1.29 is 24.1 Å². The van der Waals surface area contributed by atoms with E-state index >= 15 is 0 Å². The lowest BCUT2D eigenvalue weighted by Gasteiger charge is -2.27. The van der Waals surface area contributed by atoms with Gasteiger partial charge in [-0.1, -0.05) is 64.1 Å². The number of hydrogen-bond donors (Lipinski definition) is 1. The van der Waals surface area contributed by atoms with Gasteiger partial charge >= 0.3 is 0 Å². The first-order valence-electron chi connectivity index (χ1n) is 11.6. The van der Waals surface area contributed by atoms with Gasteiger partial charge < -0.3 is 24.1 Å². The van der Waals surface area contributed by atoms with Crippen molar-refractivity contribution in [3.63, 3.8) is 0 Å². The number of ether oxygens (including phenoxy) is 4. The smallest absolute Gasteiger partial charge is 0.197 e. The summed E-state index contributed by atoms with van der Waals surface area (Å²) in [6.07, 6.45) is 0.788. The van der Waals surface area contributed by atoms with Crippen LogP contribution in [-0.4, -0.2) is 51.0 Å². The molecule has 0 radical (unpaired) electrons. The predicted octanol–water partition coefficient (Wildman–Crippen LogP) is 5.29. The fourth-order valence-corrected chi connectivity index (χ4v) is 3.47. The molecule has 0 fully saturated rings. The van der Waals surface area contributed by atoms with Crippen LogP contribution in [0.2, 0.25) is 0 Å². The van der Waals surface area contributed by atoms with Crippen LogP contribution in [0.5, 0.6) is 5.75 Å². The first-order valence-corrected chi connectivity index (χ1v) is 11.6. The lowest BCUT2D eigenvalue weighted by Crippen LogP contribution is -2.20. The zero-order valence-electron chi connectivity index (χ0n) is 20.3. The molecular formula is C27H40O5. The highest BCUT2D eigenvalue weighted by Crippen LogP contribution is 2.33. The molecule has 1 N–H and O–H groups in total. The fourth-order valence-electron chi connectivity index (χ4n) is 3.47. The Labute approximate surface area is 193 Å². The fraction of sp³-hybridized carbons (Fsp3) is 0.556. The van der Waals surface area contributed by atoms with Crippen molar-refractivity contribution in [3.8, 4) is 5.75 Å². The first-order chi connectivity index (χ1) is 15.4. The molecule has 2 aromatic rings. The van der Waals surface area contributed by atoms with Gasteiger partial charge in [0.1, 0.15) is 5.75 Å². The third-order valence-corrected chi connectivity index (χ3v) is 5.88. The van der Waals surface area contributed by atoms with Crippen molar-refractivity contribution >= 4 is 0 Å². The zero-order chi connectivity index (χ0) is 23.4. The number of aliphatic hydroxyl groups excluding tert-OH is 1. The zero-order valence-corrected chi connectivity index (χ0v) is 20.3. The SMILES string of the molecule is CCC(C)c1ccc(C(C)(C)c2ccc(OC(C)OCCOCCOCCO)cc2)cc1. The molecule has 0 aromatic heterocycles. The highest BCUT2D eigenvalue weighted by Gasteiger charge is 2.23. The Bertz CT molecular complexity index is 755. The van der Waals surface area contributed by atoms with E-state index in [-0.39, 0.29) is 18.3 Å². The second-order valence-corrected chi connectivity index (χ2v) is 8.59. The quantitative estimate of drug-likeness (QED) is 0.299. The van der Waals surface area contributed by atoms with Gasteiger partial charge in [0.25, 0.3) is 0 Å².